The summed E-state index contributed by atoms with van der Waals surface area (Å²) in [6.07, 6.45) is 3.96. The number of carbonyl (C=O) groups is 1. The summed E-state index contributed by atoms with van der Waals surface area (Å²) in [7, 11) is 0. The third-order valence-electron chi connectivity index (χ3n) is 3.39. The van der Waals surface area contributed by atoms with E-state index in [1.165, 1.54) is 6.42 Å². The van der Waals surface area contributed by atoms with E-state index in [0.717, 1.165) is 25.7 Å². The molecule has 18 heavy (non-hydrogen) atoms. The lowest BCUT2D eigenvalue weighted by Gasteiger charge is -2.35. The molecule has 1 N–H and O–H groups in total. The summed E-state index contributed by atoms with van der Waals surface area (Å²) in [6.45, 7) is 1.30. The zero-order chi connectivity index (χ0) is 13.0. The van der Waals surface area contributed by atoms with Crippen LogP contribution in [0.4, 0.5) is 0 Å². The lowest BCUT2D eigenvalue weighted by molar-refractivity contribution is -0.425. The predicted octanol–water partition coefficient (Wildman–Crippen LogP) is 0.918. The summed E-state index contributed by atoms with van der Waals surface area (Å²) >= 11 is 0. The van der Waals surface area contributed by atoms with E-state index in [1.807, 2.05) is 6.92 Å². The van der Waals surface area contributed by atoms with Gasteiger partial charge < -0.3 is 14.6 Å². The van der Waals surface area contributed by atoms with Crippen molar-refractivity contribution in [3.05, 3.63) is 0 Å². The topological polar surface area (TPSA) is 74.2 Å². The van der Waals surface area contributed by atoms with E-state index in [0.29, 0.717) is 0 Å². The quantitative estimate of drug-likeness (QED) is 0.588. The number of hydrogen-bond donors (Lipinski definition) is 1. The molecule has 1 heterocycles. The van der Waals surface area contributed by atoms with E-state index in [9.17, 15) is 4.79 Å². The van der Waals surface area contributed by atoms with Crippen LogP contribution in [0.3, 0.4) is 0 Å². The summed E-state index contributed by atoms with van der Waals surface area (Å²) in [4.78, 5) is 21.6. The van der Waals surface area contributed by atoms with Crippen molar-refractivity contribution in [2.24, 2.45) is 0 Å². The molecule has 104 valence electrons. The fraction of sp³-hybridized carbons (Fsp3) is 0.917. The fourth-order valence-corrected chi connectivity index (χ4v) is 2.41. The molecule has 2 unspecified atom stereocenters. The van der Waals surface area contributed by atoms with Crippen molar-refractivity contribution in [2.75, 3.05) is 13.2 Å². The normalized spacial score (nSPS) is 31.9. The minimum atomic E-state index is -0.696. The summed E-state index contributed by atoms with van der Waals surface area (Å²) in [5, 5.41) is 8.68. The van der Waals surface area contributed by atoms with Gasteiger partial charge in [-0.15, -0.1) is 0 Å². The van der Waals surface area contributed by atoms with E-state index in [-0.39, 0.29) is 12.7 Å². The van der Waals surface area contributed by atoms with Crippen LogP contribution < -0.4 is 0 Å². The van der Waals surface area contributed by atoms with E-state index < -0.39 is 24.5 Å². The molecular weight excluding hydrogens is 240 g/mol. The number of aliphatic hydroxyl groups excluding tert-OH is 1. The van der Waals surface area contributed by atoms with Crippen molar-refractivity contribution in [2.45, 2.75) is 57.0 Å². The predicted molar refractivity (Wildman–Crippen MR) is 60.4 cm³/mol. The second kappa shape index (κ2) is 5.97. The number of esters is 1. The van der Waals surface area contributed by atoms with Gasteiger partial charge in [-0.2, -0.15) is 0 Å². The molecule has 1 aliphatic heterocycles. The van der Waals surface area contributed by atoms with Gasteiger partial charge in [0.15, 0.2) is 6.10 Å². The lowest BCUT2D eigenvalue weighted by atomic mass is 9.94. The van der Waals surface area contributed by atoms with Gasteiger partial charge in [0.25, 0.3) is 0 Å². The standard InChI is InChI=1S/C12H20O6/c1-9-10(16-11(14)7-13)8-15-18-12(17-9)5-3-2-4-6-12/h9-10,13H,2-8H2,1H3. The van der Waals surface area contributed by atoms with Gasteiger partial charge in [0, 0.05) is 12.8 Å². The van der Waals surface area contributed by atoms with Gasteiger partial charge in [0.2, 0.25) is 5.79 Å². The first kappa shape index (κ1) is 13.7. The molecular formula is C12H20O6. The molecule has 6 nitrogen and oxygen atoms in total. The van der Waals surface area contributed by atoms with Gasteiger partial charge in [-0.3, -0.25) is 0 Å². The van der Waals surface area contributed by atoms with Crippen LogP contribution in [0.5, 0.6) is 0 Å². The maximum absolute atomic E-state index is 11.1. The number of rotatable bonds is 2. The smallest absolute Gasteiger partial charge is 0.332 e. The molecule has 0 radical (unpaired) electrons. The first-order valence-corrected chi connectivity index (χ1v) is 6.44. The summed E-state index contributed by atoms with van der Waals surface area (Å²) < 4.78 is 10.9. The second-order valence-corrected chi connectivity index (χ2v) is 4.85. The minimum absolute atomic E-state index is 0.120. The van der Waals surface area contributed by atoms with Crippen molar-refractivity contribution in [1.29, 1.82) is 0 Å². The average Bonchev–Trinajstić information content (AvgIpc) is 2.51. The van der Waals surface area contributed by atoms with Gasteiger partial charge in [-0.05, 0) is 19.8 Å². The monoisotopic (exact) mass is 260 g/mol. The van der Waals surface area contributed by atoms with Crippen molar-refractivity contribution < 1.29 is 29.1 Å². The minimum Gasteiger partial charge on any atom is -0.455 e. The van der Waals surface area contributed by atoms with Crippen LogP contribution >= 0.6 is 0 Å². The van der Waals surface area contributed by atoms with E-state index in [4.69, 9.17) is 24.4 Å². The largest absolute Gasteiger partial charge is 0.455 e. The van der Waals surface area contributed by atoms with E-state index in [1.54, 1.807) is 0 Å². The highest BCUT2D eigenvalue weighted by Crippen LogP contribution is 2.36. The third-order valence-corrected chi connectivity index (χ3v) is 3.39. The van der Waals surface area contributed by atoms with Crippen molar-refractivity contribution >= 4 is 5.97 Å². The molecule has 0 aromatic heterocycles. The Hall–Kier alpha value is -0.690. The molecule has 0 aromatic carbocycles. The zero-order valence-corrected chi connectivity index (χ0v) is 10.6. The molecule has 1 spiro atoms. The highest BCUT2D eigenvalue weighted by Gasteiger charge is 2.42. The number of aliphatic hydroxyl groups is 1. The number of ether oxygens (including phenoxy) is 2. The molecule has 1 aliphatic carbocycles. The van der Waals surface area contributed by atoms with Crippen molar-refractivity contribution in [3.8, 4) is 0 Å². The number of carbonyl (C=O) groups excluding carboxylic acids is 1. The fourth-order valence-electron chi connectivity index (χ4n) is 2.41. The molecule has 2 fully saturated rings. The maximum atomic E-state index is 11.1. The van der Waals surface area contributed by atoms with Crippen LogP contribution in [0.25, 0.3) is 0 Å². The van der Waals surface area contributed by atoms with Crippen molar-refractivity contribution in [3.63, 3.8) is 0 Å². The van der Waals surface area contributed by atoms with Gasteiger partial charge in [-0.25, -0.2) is 14.6 Å². The summed E-state index contributed by atoms with van der Waals surface area (Å²) in [5.41, 5.74) is 0. The van der Waals surface area contributed by atoms with E-state index in [2.05, 4.69) is 0 Å². The Morgan fingerprint density at radius 1 is 1.39 bits per heavy atom. The Morgan fingerprint density at radius 3 is 2.78 bits per heavy atom. The van der Waals surface area contributed by atoms with Crippen LogP contribution in [-0.2, 0) is 24.0 Å². The summed E-state index contributed by atoms with van der Waals surface area (Å²) in [5.74, 6) is -1.38. The first-order valence-electron chi connectivity index (χ1n) is 6.44. The Morgan fingerprint density at radius 2 is 2.11 bits per heavy atom. The summed E-state index contributed by atoms with van der Waals surface area (Å²) in [6, 6.07) is 0. The van der Waals surface area contributed by atoms with Crippen LogP contribution in [0.2, 0.25) is 0 Å². The van der Waals surface area contributed by atoms with Crippen LogP contribution in [0, 0.1) is 0 Å². The van der Waals surface area contributed by atoms with Crippen LogP contribution in [0.15, 0.2) is 0 Å². The third kappa shape index (κ3) is 3.20. The highest BCUT2D eigenvalue weighted by atomic mass is 17.2. The Balaban J connectivity index is 1.96. The second-order valence-electron chi connectivity index (χ2n) is 4.85. The molecule has 2 aliphatic rings. The van der Waals surface area contributed by atoms with Gasteiger partial charge >= 0.3 is 5.97 Å². The average molecular weight is 260 g/mol. The Kier molecular flexibility index (Phi) is 4.55. The SMILES string of the molecule is CC1OC2(CCCCC2)OOCC1OC(=O)CO. The highest BCUT2D eigenvalue weighted by molar-refractivity contribution is 5.70. The Bertz CT molecular complexity index is 286. The zero-order valence-electron chi connectivity index (χ0n) is 10.6. The Labute approximate surface area is 106 Å². The van der Waals surface area contributed by atoms with Gasteiger partial charge in [0.1, 0.15) is 13.2 Å². The first-order chi connectivity index (χ1) is 8.65. The van der Waals surface area contributed by atoms with Gasteiger partial charge in [-0.1, -0.05) is 6.42 Å². The molecule has 2 atom stereocenters. The molecule has 1 saturated carbocycles. The molecule has 0 amide bonds. The van der Waals surface area contributed by atoms with Crippen molar-refractivity contribution in [1.82, 2.24) is 0 Å². The van der Waals surface area contributed by atoms with Crippen LogP contribution in [-0.4, -0.2) is 42.3 Å². The molecule has 1 saturated heterocycles. The molecule has 2 rings (SSSR count). The lowest BCUT2D eigenvalue weighted by Crippen LogP contribution is -2.42. The number of hydrogen-bond acceptors (Lipinski definition) is 6. The molecule has 0 bridgehead atoms. The van der Waals surface area contributed by atoms with E-state index >= 15 is 0 Å². The molecule has 0 aromatic rings. The maximum Gasteiger partial charge on any atom is 0.332 e. The van der Waals surface area contributed by atoms with Crippen LogP contribution in [0.1, 0.15) is 39.0 Å². The molecule has 6 heteroatoms. The van der Waals surface area contributed by atoms with Gasteiger partial charge in [0.05, 0.1) is 6.10 Å².